The molecule has 0 heterocycles. The first kappa shape index (κ1) is 15.2. The van der Waals surface area contributed by atoms with E-state index in [-0.39, 0.29) is 0 Å². The summed E-state index contributed by atoms with van der Waals surface area (Å²) in [6.07, 6.45) is 7.97. The average molecular weight is 293 g/mol. The molecule has 1 aliphatic carbocycles. The maximum atomic E-state index is 11.5. The van der Waals surface area contributed by atoms with Gasteiger partial charge in [0.05, 0.1) is 11.3 Å². The Bertz CT molecular complexity index is 476. The number of aromatic carboxylic acids is 1. The van der Waals surface area contributed by atoms with Gasteiger partial charge in [-0.1, -0.05) is 32.3 Å². The molecular weight excluding hydrogens is 270 g/mol. The Morgan fingerprint density at radius 3 is 2.90 bits per heavy atom. The van der Waals surface area contributed by atoms with Crippen molar-refractivity contribution in [3.8, 4) is 0 Å². The summed E-state index contributed by atoms with van der Waals surface area (Å²) in [5.74, 6) is -0.0708. The summed E-state index contributed by atoms with van der Waals surface area (Å²) in [5, 5.41) is 12.9. The van der Waals surface area contributed by atoms with E-state index in [1.165, 1.54) is 31.0 Å². The van der Waals surface area contributed by atoms with Crippen LogP contribution in [0.3, 0.4) is 0 Å². The van der Waals surface area contributed by atoms with Gasteiger partial charge in [-0.3, -0.25) is 0 Å². The first-order valence-corrected chi connectivity index (χ1v) is 8.55. The molecule has 0 bridgehead atoms. The number of carbonyl (C=O) groups is 1. The van der Waals surface area contributed by atoms with Crippen LogP contribution in [0.1, 0.15) is 49.4 Å². The van der Waals surface area contributed by atoms with Crippen molar-refractivity contribution in [1.82, 2.24) is 0 Å². The number of carboxylic acids is 1. The SMILES string of the molecule is CCC1CCCC(Nc2cccc(SC)c2C(=O)O)C1. The molecule has 0 spiro atoms. The lowest BCUT2D eigenvalue weighted by molar-refractivity contribution is 0.0694. The van der Waals surface area contributed by atoms with Crippen molar-refractivity contribution in [2.24, 2.45) is 5.92 Å². The Labute approximate surface area is 125 Å². The molecule has 2 rings (SSSR count). The fraction of sp³-hybridized carbons (Fsp3) is 0.562. The zero-order valence-corrected chi connectivity index (χ0v) is 13.0. The molecule has 0 aromatic heterocycles. The van der Waals surface area contributed by atoms with Crippen LogP contribution in [-0.2, 0) is 0 Å². The summed E-state index contributed by atoms with van der Waals surface area (Å²) < 4.78 is 0. The van der Waals surface area contributed by atoms with Gasteiger partial charge in [0.1, 0.15) is 0 Å². The van der Waals surface area contributed by atoms with E-state index in [2.05, 4.69) is 12.2 Å². The molecule has 110 valence electrons. The minimum Gasteiger partial charge on any atom is -0.478 e. The van der Waals surface area contributed by atoms with Gasteiger partial charge in [0.25, 0.3) is 0 Å². The molecule has 0 amide bonds. The van der Waals surface area contributed by atoms with E-state index in [4.69, 9.17) is 0 Å². The molecule has 2 unspecified atom stereocenters. The second kappa shape index (κ2) is 7.02. The lowest BCUT2D eigenvalue weighted by Gasteiger charge is -2.30. The number of rotatable bonds is 5. The van der Waals surface area contributed by atoms with Crippen LogP contribution >= 0.6 is 11.8 Å². The normalized spacial score (nSPS) is 22.5. The van der Waals surface area contributed by atoms with E-state index in [1.54, 1.807) is 0 Å². The van der Waals surface area contributed by atoms with Gasteiger partial charge in [-0.25, -0.2) is 4.79 Å². The Hall–Kier alpha value is -1.16. The predicted molar refractivity (Wildman–Crippen MR) is 84.8 cm³/mol. The third kappa shape index (κ3) is 3.48. The lowest BCUT2D eigenvalue weighted by atomic mass is 9.84. The van der Waals surface area contributed by atoms with Gasteiger partial charge in [-0.15, -0.1) is 11.8 Å². The molecule has 1 aromatic carbocycles. The van der Waals surface area contributed by atoms with Crippen LogP contribution in [0, 0.1) is 5.92 Å². The van der Waals surface area contributed by atoms with Crippen molar-refractivity contribution in [2.75, 3.05) is 11.6 Å². The highest BCUT2D eigenvalue weighted by atomic mass is 32.2. The molecular formula is C16H23NO2S. The van der Waals surface area contributed by atoms with Crippen LogP contribution in [0.25, 0.3) is 0 Å². The molecule has 20 heavy (non-hydrogen) atoms. The van der Waals surface area contributed by atoms with Crippen LogP contribution in [0.15, 0.2) is 23.1 Å². The zero-order valence-electron chi connectivity index (χ0n) is 12.2. The number of anilines is 1. The number of nitrogens with one attached hydrogen (secondary N) is 1. The Balaban J connectivity index is 2.18. The fourth-order valence-corrected chi connectivity index (χ4v) is 3.67. The minimum absolute atomic E-state index is 0.406. The first-order valence-electron chi connectivity index (χ1n) is 7.32. The van der Waals surface area contributed by atoms with Gasteiger partial charge in [0.15, 0.2) is 0 Å². The number of hydrogen-bond acceptors (Lipinski definition) is 3. The van der Waals surface area contributed by atoms with E-state index in [0.29, 0.717) is 11.6 Å². The maximum absolute atomic E-state index is 11.5. The van der Waals surface area contributed by atoms with E-state index >= 15 is 0 Å². The second-order valence-corrected chi connectivity index (χ2v) is 6.32. The van der Waals surface area contributed by atoms with Crippen molar-refractivity contribution < 1.29 is 9.90 Å². The molecule has 1 saturated carbocycles. The van der Waals surface area contributed by atoms with Crippen LogP contribution in [0.2, 0.25) is 0 Å². The van der Waals surface area contributed by atoms with Gasteiger partial charge in [0, 0.05) is 10.9 Å². The Morgan fingerprint density at radius 1 is 1.45 bits per heavy atom. The smallest absolute Gasteiger partial charge is 0.338 e. The van der Waals surface area contributed by atoms with Crippen molar-refractivity contribution in [2.45, 2.75) is 50.0 Å². The highest BCUT2D eigenvalue weighted by molar-refractivity contribution is 7.98. The molecule has 0 saturated heterocycles. The van der Waals surface area contributed by atoms with E-state index in [9.17, 15) is 9.90 Å². The van der Waals surface area contributed by atoms with E-state index in [0.717, 1.165) is 29.3 Å². The van der Waals surface area contributed by atoms with Crippen molar-refractivity contribution in [1.29, 1.82) is 0 Å². The fourth-order valence-electron chi connectivity index (χ4n) is 3.05. The second-order valence-electron chi connectivity index (χ2n) is 5.47. The van der Waals surface area contributed by atoms with E-state index < -0.39 is 5.97 Å². The first-order chi connectivity index (χ1) is 9.65. The van der Waals surface area contributed by atoms with Gasteiger partial charge < -0.3 is 10.4 Å². The quantitative estimate of drug-likeness (QED) is 0.785. The van der Waals surface area contributed by atoms with Crippen LogP contribution in [0.4, 0.5) is 5.69 Å². The Morgan fingerprint density at radius 2 is 2.25 bits per heavy atom. The average Bonchev–Trinajstić information content (AvgIpc) is 2.46. The number of carboxylic acid groups (broad SMARTS) is 1. The number of hydrogen-bond donors (Lipinski definition) is 2. The van der Waals surface area contributed by atoms with Crippen molar-refractivity contribution in [3.63, 3.8) is 0 Å². The van der Waals surface area contributed by atoms with Crippen LogP contribution in [-0.4, -0.2) is 23.4 Å². The zero-order chi connectivity index (χ0) is 14.5. The molecule has 1 aromatic rings. The van der Waals surface area contributed by atoms with Crippen LogP contribution < -0.4 is 5.32 Å². The van der Waals surface area contributed by atoms with Crippen molar-refractivity contribution in [3.05, 3.63) is 23.8 Å². The lowest BCUT2D eigenvalue weighted by Crippen LogP contribution is -2.28. The molecule has 2 N–H and O–H groups in total. The third-order valence-corrected chi connectivity index (χ3v) is 4.96. The monoisotopic (exact) mass is 293 g/mol. The van der Waals surface area contributed by atoms with Gasteiger partial charge in [-0.05, 0) is 37.1 Å². The van der Waals surface area contributed by atoms with Crippen LogP contribution in [0.5, 0.6) is 0 Å². The maximum Gasteiger partial charge on any atom is 0.338 e. The largest absolute Gasteiger partial charge is 0.478 e. The minimum atomic E-state index is -0.847. The highest BCUT2D eigenvalue weighted by Crippen LogP contribution is 2.32. The molecule has 2 atom stereocenters. The van der Waals surface area contributed by atoms with Gasteiger partial charge in [-0.2, -0.15) is 0 Å². The summed E-state index contributed by atoms with van der Waals surface area (Å²) in [6.45, 7) is 2.24. The van der Waals surface area contributed by atoms with Gasteiger partial charge >= 0.3 is 5.97 Å². The summed E-state index contributed by atoms with van der Waals surface area (Å²) >= 11 is 1.48. The summed E-state index contributed by atoms with van der Waals surface area (Å²) in [4.78, 5) is 12.3. The summed E-state index contributed by atoms with van der Waals surface area (Å²) in [7, 11) is 0. The number of thioether (sulfide) groups is 1. The van der Waals surface area contributed by atoms with E-state index in [1.807, 2.05) is 24.5 Å². The topological polar surface area (TPSA) is 49.3 Å². The molecule has 0 aliphatic heterocycles. The van der Waals surface area contributed by atoms with Gasteiger partial charge in [0.2, 0.25) is 0 Å². The standard InChI is InChI=1S/C16H23NO2S/c1-3-11-6-4-7-12(10-11)17-13-8-5-9-14(20-2)15(13)16(18)19/h5,8-9,11-12,17H,3-4,6-7,10H2,1-2H3,(H,18,19). The molecule has 0 radical (unpaired) electrons. The number of benzene rings is 1. The highest BCUT2D eigenvalue weighted by Gasteiger charge is 2.23. The molecule has 1 fully saturated rings. The Kier molecular flexibility index (Phi) is 5.35. The summed E-state index contributed by atoms with van der Waals surface area (Å²) in [6, 6.07) is 6.10. The van der Waals surface area contributed by atoms with Crippen molar-refractivity contribution >= 4 is 23.4 Å². The molecule has 3 nitrogen and oxygen atoms in total. The molecule has 4 heteroatoms. The third-order valence-electron chi connectivity index (χ3n) is 4.18. The predicted octanol–water partition coefficient (Wildman–Crippen LogP) is 4.49. The molecule has 1 aliphatic rings. The summed E-state index contributed by atoms with van der Waals surface area (Å²) in [5.41, 5.74) is 1.18.